The molecule has 88 valence electrons. The largest absolute Gasteiger partial charge is 0.364 e. The molecule has 0 aliphatic carbocycles. The van der Waals surface area contributed by atoms with Crippen molar-refractivity contribution in [3.63, 3.8) is 0 Å². The first-order valence-corrected chi connectivity index (χ1v) is 5.53. The number of aromatic nitrogens is 3. The summed E-state index contributed by atoms with van der Waals surface area (Å²) < 4.78 is 13.8. The number of hydrogen-bond acceptors (Lipinski definition) is 3. The number of nitrogens with two attached hydrogens (primary N) is 1. The van der Waals surface area contributed by atoms with Crippen LogP contribution in [-0.2, 0) is 0 Å². The van der Waals surface area contributed by atoms with Crippen LogP contribution in [0.4, 0.5) is 4.39 Å². The summed E-state index contributed by atoms with van der Waals surface area (Å²) in [7, 11) is 0. The maximum Gasteiger partial charge on any atom is 0.271 e. The van der Waals surface area contributed by atoms with E-state index in [2.05, 4.69) is 31.3 Å². The minimum Gasteiger partial charge on any atom is -0.364 e. The van der Waals surface area contributed by atoms with Gasteiger partial charge in [0.15, 0.2) is 5.69 Å². The molecule has 2 rings (SSSR count). The fourth-order valence-electron chi connectivity index (χ4n) is 1.30. The number of carbonyl (C=O) groups excluding carboxylic acids is 1. The van der Waals surface area contributed by atoms with Gasteiger partial charge < -0.3 is 5.73 Å². The van der Waals surface area contributed by atoms with E-state index in [1.807, 2.05) is 0 Å². The van der Waals surface area contributed by atoms with Gasteiger partial charge in [0.05, 0.1) is 5.02 Å². The molecule has 0 spiro atoms. The molecule has 0 unspecified atom stereocenters. The summed E-state index contributed by atoms with van der Waals surface area (Å²) in [5.74, 6) is -1.38. The van der Waals surface area contributed by atoms with E-state index in [0.717, 1.165) is 6.07 Å². The monoisotopic (exact) mass is 318 g/mol. The van der Waals surface area contributed by atoms with Gasteiger partial charge in [0.1, 0.15) is 11.5 Å². The van der Waals surface area contributed by atoms with E-state index in [9.17, 15) is 9.18 Å². The molecule has 0 bridgehead atoms. The van der Waals surface area contributed by atoms with E-state index in [1.54, 1.807) is 0 Å². The number of halogens is 3. The SMILES string of the molecule is NC(=O)c1n[nH]nc1-c1cc(F)c(Cl)c(Br)c1. The van der Waals surface area contributed by atoms with Crippen molar-refractivity contribution >= 4 is 33.4 Å². The van der Waals surface area contributed by atoms with Gasteiger partial charge in [-0.15, -0.1) is 0 Å². The van der Waals surface area contributed by atoms with Crippen molar-refractivity contribution in [1.82, 2.24) is 15.4 Å². The van der Waals surface area contributed by atoms with Crippen LogP contribution >= 0.6 is 27.5 Å². The molecular weight excluding hydrogens is 314 g/mol. The molecule has 1 aromatic carbocycles. The lowest BCUT2D eigenvalue weighted by atomic mass is 10.1. The Balaban J connectivity index is 2.61. The van der Waals surface area contributed by atoms with Crippen LogP contribution in [-0.4, -0.2) is 21.3 Å². The van der Waals surface area contributed by atoms with Crippen LogP contribution in [0.2, 0.25) is 5.02 Å². The topological polar surface area (TPSA) is 84.7 Å². The zero-order chi connectivity index (χ0) is 12.6. The van der Waals surface area contributed by atoms with E-state index in [4.69, 9.17) is 17.3 Å². The van der Waals surface area contributed by atoms with Gasteiger partial charge >= 0.3 is 0 Å². The first-order chi connectivity index (χ1) is 8.00. The average molecular weight is 320 g/mol. The van der Waals surface area contributed by atoms with Crippen molar-refractivity contribution in [3.8, 4) is 11.3 Å². The second-order valence-corrected chi connectivity index (χ2v) is 4.37. The van der Waals surface area contributed by atoms with Gasteiger partial charge in [-0.25, -0.2) is 4.39 Å². The number of hydrogen-bond donors (Lipinski definition) is 2. The molecule has 5 nitrogen and oxygen atoms in total. The Hall–Kier alpha value is -1.47. The summed E-state index contributed by atoms with van der Waals surface area (Å²) in [5, 5.41) is 9.56. The zero-order valence-corrected chi connectivity index (χ0v) is 10.5. The Bertz CT molecular complexity index is 577. The standard InChI is InChI=1S/C9H5BrClFN4O/c10-4-1-3(2-5(12)6(4)11)7-8(9(13)17)15-16-14-7/h1-2H,(H2,13,17)(H,14,15,16). The molecule has 8 heteroatoms. The van der Waals surface area contributed by atoms with Crippen LogP contribution in [0, 0.1) is 5.82 Å². The van der Waals surface area contributed by atoms with Crippen LogP contribution in [0.5, 0.6) is 0 Å². The normalized spacial score (nSPS) is 10.5. The van der Waals surface area contributed by atoms with Gasteiger partial charge in [0, 0.05) is 10.0 Å². The van der Waals surface area contributed by atoms with Crippen LogP contribution in [0.3, 0.4) is 0 Å². The molecule has 1 heterocycles. The average Bonchev–Trinajstić information content (AvgIpc) is 2.74. The highest BCUT2D eigenvalue weighted by molar-refractivity contribution is 9.10. The number of carbonyl (C=O) groups is 1. The van der Waals surface area contributed by atoms with Crippen molar-refractivity contribution in [3.05, 3.63) is 33.1 Å². The fraction of sp³-hybridized carbons (Fsp3) is 0. The number of nitrogens with one attached hydrogen (secondary N) is 1. The Morgan fingerprint density at radius 1 is 1.47 bits per heavy atom. The second-order valence-electron chi connectivity index (χ2n) is 3.14. The van der Waals surface area contributed by atoms with E-state index in [-0.39, 0.29) is 16.4 Å². The summed E-state index contributed by atoms with van der Waals surface area (Å²) in [6.07, 6.45) is 0. The van der Waals surface area contributed by atoms with Crippen LogP contribution in [0.15, 0.2) is 16.6 Å². The minimum atomic E-state index is -0.750. The predicted molar refractivity (Wildman–Crippen MR) is 63.0 cm³/mol. The highest BCUT2D eigenvalue weighted by atomic mass is 79.9. The lowest BCUT2D eigenvalue weighted by molar-refractivity contribution is 0.0996. The highest BCUT2D eigenvalue weighted by Crippen LogP contribution is 2.31. The van der Waals surface area contributed by atoms with Crippen molar-refractivity contribution in [1.29, 1.82) is 0 Å². The maximum absolute atomic E-state index is 13.4. The zero-order valence-electron chi connectivity index (χ0n) is 8.17. The molecule has 0 aliphatic rings. The third-order valence-electron chi connectivity index (χ3n) is 2.04. The predicted octanol–water partition coefficient (Wildman–Crippen LogP) is 2.13. The third-order valence-corrected chi connectivity index (χ3v) is 3.28. The Morgan fingerprint density at radius 3 is 2.76 bits per heavy atom. The molecular formula is C9H5BrClFN4O. The number of benzene rings is 1. The number of primary amides is 1. The van der Waals surface area contributed by atoms with Gasteiger partial charge in [-0.3, -0.25) is 4.79 Å². The first-order valence-electron chi connectivity index (χ1n) is 4.36. The first kappa shape index (κ1) is 12.0. The van der Waals surface area contributed by atoms with E-state index < -0.39 is 11.7 Å². The van der Waals surface area contributed by atoms with Gasteiger partial charge in [-0.2, -0.15) is 15.4 Å². The summed E-state index contributed by atoms with van der Waals surface area (Å²) in [4.78, 5) is 11.1. The van der Waals surface area contributed by atoms with Gasteiger partial charge in [0.2, 0.25) is 0 Å². The Labute approximate surface area is 108 Å². The quantitative estimate of drug-likeness (QED) is 0.832. The lowest BCUT2D eigenvalue weighted by Crippen LogP contribution is -2.12. The van der Waals surface area contributed by atoms with Crippen molar-refractivity contribution < 1.29 is 9.18 Å². The molecule has 1 aromatic heterocycles. The van der Waals surface area contributed by atoms with Crippen molar-refractivity contribution in [2.45, 2.75) is 0 Å². The minimum absolute atomic E-state index is 0.0436. The van der Waals surface area contributed by atoms with E-state index in [1.165, 1.54) is 6.07 Å². The third kappa shape index (κ3) is 2.16. The molecule has 0 atom stereocenters. The fourth-order valence-corrected chi connectivity index (χ4v) is 1.84. The van der Waals surface area contributed by atoms with Crippen LogP contribution in [0.25, 0.3) is 11.3 Å². The number of nitrogens with zero attached hydrogens (tertiary/aromatic N) is 2. The molecule has 2 aromatic rings. The lowest BCUT2D eigenvalue weighted by Gasteiger charge is -2.02. The smallest absolute Gasteiger partial charge is 0.271 e. The molecule has 0 saturated carbocycles. The molecule has 17 heavy (non-hydrogen) atoms. The summed E-state index contributed by atoms with van der Waals surface area (Å²) in [6.45, 7) is 0. The number of H-pyrrole nitrogens is 1. The Morgan fingerprint density at radius 2 is 2.18 bits per heavy atom. The molecule has 0 aliphatic heterocycles. The van der Waals surface area contributed by atoms with Gasteiger partial charge in [0.25, 0.3) is 5.91 Å². The number of aromatic amines is 1. The number of amides is 1. The van der Waals surface area contributed by atoms with E-state index in [0.29, 0.717) is 10.0 Å². The van der Waals surface area contributed by atoms with E-state index >= 15 is 0 Å². The summed E-state index contributed by atoms with van der Waals surface area (Å²) in [5.41, 5.74) is 5.58. The van der Waals surface area contributed by atoms with Crippen molar-refractivity contribution in [2.75, 3.05) is 0 Å². The van der Waals surface area contributed by atoms with Crippen molar-refractivity contribution in [2.24, 2.45) is 5.73 Å². The highest BCUT2D eigenvalue weighted by Gasteiger charge is 2.17. The van der Waals surface area contributed by atoms with Crippen LogP contribution < -0.4 is 5.73 Å². The maximum atomic E-state index is 13.4. The van der Waals surface area contributed by atoms with Gasteiger partial charge in [-0.1, -0.05) is 11.6 Å². The molecule has 3 N–H and O–H groups in total. The summed E-state index contributed by atoms with van der Waals surface area (Å²) >= 11 is 8.75. The molecule has 0 fully saturated rings. The number of rotatable bonds is 2. The second kappa shape index (κ2) is 4.42. The Kier molecular flexibility index (Phi) is 3.12. The van der Waals surface area contributed by atoms with Crippen LogP contribution in [0.1, 0.15) is 10.5 Å². The van der Waals surface area contributed by atoms with Gasteiger partial charge in [-0.05, 0) is 28.1 Å². The molecule has 0 saturated heterocycles. The molecule has 1 amide bonds. The summed E-state index contributed by atoms with van der Waals surface area (Å²) in [6, 6.07) is 2.67. The molecule has 0 radical (unpaired) electrons.